The lowest BCUT2D eigenvalue weighted by Crippen LogP contribution is -2.17. The third-order valence-corrected chi connectivity index (χ3v) is 3.66. The Morgan fingerprint density at radius 1 is 1.32 bits per heavy atom. The molecule has 0 radical (unpaired) electrons. The van der Waals surface area contributed by atoms with Gasteiger partial charge in [-0.05, 0) is 24.1 Å². The first-order valence-corrected chi connectivity index (χ1v) is 6.49. The van der Waals surface area contributed by atoms with E-state index < -0.39 is 5.60 Å². The molecule has 3 nitrogen and oxygen atoms in total. The van der Waals surface area contributed by atoms with Gasteiger partial charge in [-0.2, -0.15) is 0 Å². The number of rotatable bonds is 3. The van der Waals surface area contributed by atoms with E-state index in [0.29, 0.717) is 13.0 Å². The molecule has 19 heavy (non-hydrogen) atoms. The van der Waals surface area contributed by atoms with Crippen molar-refractivity contribution < 1.29 is 9.84 Å². The molecule has 0 saturated heterocycles. The standard InChI is InChI=1S/C16H17NO2/c1-16(18)9-15(13-7-8-17-10-14(13)16)19-11-12-5-3-2-4-6-12/h2-8,10,15,18H,9,11H2,1H3/t15-,16+/m1/s1. The Hall–Kier alpha value is -1.71. The molecule has 3 heteroatoms. The first kappa shape index (κ1) is 12.3. The molecule has 2 aromatic rings. The van der Waals surface area contributed by atoms with Gasteiger partial charge in [-0.1, -0.05) is 30.3 Å². The number of pyridine rings is 1. The van der Waals surface area contributed by atoms with Gasteiger partial charge >= 0.3 is 0 Å². The highest BCUT2D eigenvalue weighted by Gasteiger charge is 2.39. The zero-order chi connectivity index (χ0) is 13.3. The van der Waals surface area contributed by atoms with E-state index in [4.69, 9.17) is 4.74 Å². The highest BCUT2D eigenvalue weighted by Crippen LogP contribution is 2.44. The number of nitrogens with zero attached hydrogens (tertiary/aromatic N) is 1. The minimum Gasteiger partial charge on any atom is -0.385 e. The summed E-state index contributed by atoms with van der Waals surface area (Å²) < 4.78 is 5.96. The Morgan fingerprint density at radius 3 is 2.89 bits per heavy atom. The van der Waals surface area contributed by atoms with Crippen molar-refractivity contribution in [1.82, 2.24) is 4.98 Å². The first-order valence-electron chi connectivity index (χ1n) is 6.49. The molecule has 1 aliphatic rings. The molecule has 2 atom stereocenters. The molecule has 1 aromatic heterocycles. The Morgan fingerprint density at radius 2 is 2.11 bits per heavy atom. The minimum atomic E-state index is -0.842. The average molecular weight is 255 g/mol. The van der Waals surface area contributed by atoms with Crippen LogP contribution in [0.5, 0.6) is 0 Å². The molecule has 98 valence electrons. The maximum absolute atomic E-state index is 10.4. The van der Waals surface area contributed by atoms with Gasteiger partial charge in [-0.3, -0.25) is 4.98 Å². The lowest BCUT2D eigenvalue weighted by Gasteiger charge is -2.17. The first-order chi connectivity index (χ1) is 9.17. The molecule has 1 aliphatic carbocycles. The van der Waals surface area contributed by atoms with Crippen molar-refractivity contribution in [3.63, 3.8) is 0 Å². The molecule has 0 fully saturated rings. The summed E-state index contributed by atoms with van der Waals surface area (Å²) in [7, 11) is 0. The highest BCUT2D eigenvalue weighted by atomic mass is 16.5. The van der Waals surface area contributed by atoms with Gasteiger partial charge in [0, 0.05) is 24.4 Å². The van der Waals surface area contributed by atoms with Crippen molar-refractivity contribution in [3.8, 4) is 0 Å². The van der Waals surface area contributed by atoms with Gasteiger partial charge in [0.15, 0.2) is 0 Å². The third-order valence-electron chi connectivity index (χ3n) is 3.66. The quantitative estimate of drug-likeness (QED) is 0.917. The molecule has 0 spiro atoms. The van der Waals surface area contributed by atoms with Gasteiger partial charge in [0.05, 0.1) is 18.3 Å². The van der Waals surface area contributed by atoms with Crippen LogP contribution in [0.25, 0.3) is 0 Å². The molecule has 1 heterocycles. The van der Waals surface area contributed by atoms with Crippen LogP contribution in [-0.4, -0.2) is 10.1 Å². The number of aliphatic hydroxyl groups is 1. The van der Waals surface area contributed by atoms with Gasteiger partial charge in [-0.25, -0.2) is 0 Å². The summed E-state index contributed by atoms with van der Waals surface area (Å²) in [6, 6.07) is 12.0. The maximum Gasteiger partial charge on any atom is 0.0915 e. The largest absolute Gasteiger partial charge is 0.385 e. The Balaban J connectivity index is 1.77. The SMILES string of the molecule is C[C@]1(O)C[C@@H](OCc2ccccc2)c2ccncc21. The molecule has 0 unspecified atom stereocenters. The third kappa shape index (κ3) is 2.39. The summed E-state index contributed by atoms with van der Waals surface area (Å²) >= 11 is 0. The van der Waals surface area contributed by atoms with Crippen LogP contribution in [0, 0.1) is 0 Å². The van der Waals surface area contributed by atoms with Gasteiger partial charge in [0.25, 0.3) is 0 Å². The van der Waals surface area contributed by atoms with Crippen molar-refractivity contribution >= 4 is 0 Å². The topological polar surface area (TPSA) is 42.4 Å². The number of fused-ring (bicyclic) bond motifs is 1. The van der Waals surface area contributed by atoms with E-state index in [-0.39, 0.29) is 6.10 Å². The van der Waals surface area contributed by atoms with E-state index in [1.807, 2.05) is 43.3 Å². The Labute approximate surface area is 112 Å². The predicted molar refractivity (Wildman–Crippen MR) is 72.4 cm³/mol. The maximum atomic E-state index is 10.4. The fraction of sp³-hybridized carbons (Fsp3) is 0.312. The molecule has 1 aromatic carbocycles. The summed E-state index contributed by atoms with van der Waals surface area (Å²) in [6.07, 6.45) is 4.01. The summed E-state index contributed by atoms with van der Waals surface area (Å²) in [5, 5.41) is 10.4. The van der Waals surface area contributed by atoms with Crippen LogP contribution in [0.2, 0.25) is 0 Å². The second-order valence-electron chi connectivity index (χ2n) is 5.23. The second kappa shape index (κ2) is 4.76. The van der Waals surface area contributed by atoms with Crippen LogP contribution in [-0.2, 0) is 16.9 Å². The number of benzene rings is 1. The second-order valence-corrected chi connectivity index (χ2v) is 5.23. The number of hydrogen-bond acceptors (Lipinski definition) is 3. The van der Waals surface area contributed by atoms with Gasteiger partial charge in [0.2, 0.25) is 0 Å². The monoisotopic (exact) mass is 255 g/mol. The van der Waals surface area contributed by atoms with Crippen LogP contribution in [0.4, 0.5) is 0 Å². The lowest BCUT2D eigenvalue weighted by molar-refractivity contribution is -0.0186. The van der Waals surface area contributed by atoms with Crippen LogP contribution in [0.3, 0.4) is 0 Å². The normalized spacial score (nSPS) is 25.3. The van der Waals surface area contributed by atoms with Gasteiger partial charge < -0.3 is 9.84 Å². The van der Waals surface area contributed by atoms with E-state index in [9.17, 15) is 5.11 Å². The molecule has 0 aliphatic heterocycles. The zero-order valence-corrected chi connectivity index (χ0v) is 10.9. The molecular weight excluding hydrogens is 238 g/mol. The Kier molecular flexibility index (Phi) is 3.09. The average Bonchev–Trinajstić information content (AvgIpc) is 2.70. The molecule has 0 amide bonds. The van der Waals surface area contributed by atoms with Crippen molar-refractivity contribution in [1.29, 1.82) is 0 Å². The summed E-state index contributed by atoms with van der Waals surface area (Å²) in [5.41, 5.74) is 2.24. The van der Waals surface area contributed by atoms with Crippen LogP contribution >= 0.6 is 0 Å². The smallest absolute Gasteiger partial charge is 0.0915 e. The van der Waals surface area contributed by atoms with Crippen molar-refractivity contribution in [2.24, 2.45) is 0 Å². The molecular formula is C16H17NO2. The minimum absolute atomic E-state index is 0.0618. The lowest BCUT2D eigenvalue weighted by atomic mass is 10.0. The highest BCUT2D eigenvalue weighted by molar-refractivity contribution is 5.36. The van der Waals surface area contributed by atoms with Gasteiger partial charge in [0.1, 0.15) is 0 Å². The van der Waals surface area contributed by atoms with E-state index in [2.05, 4.69) is 4.98 Å². The van der Waals surface area contributed by atoms with Crippen molar-refractivity contribution in [2.45, 2.75) is 31.7 Å². The van der Waals surface area contributed by atoms with Crippen molar-refractivity contribution in [3.05, 3.63) is 65.5 Å². The summed E-state index contributed by atoms with van der Waals surface area (Å²) in [5.74, 6) is 0. The Bertz CT molecular complexity index is 566. The molecule has 3 rings (SSSR count). The molecule has 0 saturated carbocycles. The summed E-state index contributed by atoms with van der Waals surface area (Å²) in [4.78, 5) is 4.09. The van der Waals surface area contributed by atoms with Crippen LogP contribution in [0.1, 0.15) is 36.1 Å². The van der Waals surface area contributed by atoms with E-state index in [1.165, 1.54) is 0 Å². The predicted octanol–water partition coefficient (Wildman–Crippen LogP) is 2.95. The van der Waals surface area contributed by atoms with Crippen LogP contribution < -0.4 is 0 Å². The van der Waals surface area contributed by atoms with E-state index in [1.54, 1.807) is 12.4 Å². The van der Waals surface area contributed by atoms with Gasteiger partial charge in [-0.15, -0.1) is 0 Å². The fourth-order valence-electron chi connectivity index (χ4n) is 2.64. The van der Waals surface area contributed by atoms with E-state index in [0.717, 1.165) is 16.7 Å². The fourth-order valence-corrected chi connectivity index (χ4v) is 2.64. The number of aromatic nitrogens is 1. The van der Waals surface area contributed by atoms with Crippen LogP contribution in [0.15, 0.2) is 48.8 Å². The molecule has 0 bridgehead atoms. The van der Waals surface area contributed by atoms with E-state index >= 15 is 0 Å². The zero-order valence-electron chi connectivity index (χ0n) is 10.9. The summed E-state index contributed by atoms with van der Waals surface area (Å²) in [6.45, 7) is 2.38. The number of hydrogen-bond donors (Lipinski definition) is 1. The molecule has 1 N–H and O–H groups in total. The number of ether oxygens (including phenoxy) is 1. The van der Waals surface area contributed by atoms with Crippen molar-refractivity contribution in [2.75, 3.05) is 0 Å².